The van der Waals surface area contributed by atoms with Crippen molar-refractivity contribution in [2.75, 3.05) is 36.5 Å². The van der Waals surface area contributed by atoms with Gasteiger partial charge in [-0.15, -0.1) is 0 Å². The fraction of sp³-hybridized carbons (Fsp3) is 0.294. The summed E-state index contributed by atoms with van der Waals surface area (Å²) in [7, 11) is 3.51. The van der Waals surface area contributed by atoms with Crippen LogP contribution in [0.4, 0.5) is 11.5 Å². The Hall–Kier alpha value is -3.16. The average Bonchev–Trinajstić information content (AvgIpc) is 3.03. The number of hydrogen-bond acceptors (Lipinski definition) is 6. The third-order valence-electron chi connectivity index (χ3n) is 4.40. The van der Waals surface area contributed by atoms with Gasteiger partial charge >= 0.3 is 0 Å². The summed E-state index contributed by atoms with van der Waals surface area (Å²) in [6, 6.07) is 5.57. The lowest BCUT2D eigenvalue weighted by atomic mass is 10.2. The number of carbonyl (C=O) groups is 1. The van der Waals surface area contributed by atoms with E-state index < -0.39 is 0 Å². The van der Waals surface area contributed by atoms with Crippen molar-refractivity contribution >= 4 is 28.4 Å². The van der Waals surface area contributed by atoms with Crippen molar-refractivity contribution in [2.45, 2.75) is 0 Å². The fourth-order valence-electron chi connectivity index (χ4n) is 3.12. The lowest BCUT2D eigenvalue weighted by molar-refractivity contribution is -0.117. The lowest BCUT2D eigenvalue weighted by Crippen LogP contribution is -2.51. The molecule has 3 aromatic heterocycles. The Balaban J connectivity index is 1.59. The zero-order chi connectivity index (χ0) is 17.4. The van der Waals surface area contributed by atoms with Crippen LogP contribution in [0.5, 0.6) is 5.88 Å². The van der Waals surface area contributed by atoms with E-state index in [2.05, 4.69) is 15.0 Å². The van der Waals surface area contributed by atoms with Crippen molar-refractivity contribution in [3.05, 3.63) is 36.9 Å². The maximum Gasteiger partial charge on any atom is 0.246 e. The molecule has 0 aromatic carbocycles. The third-order valence-corrected chi connectivity index (χ3v) is 4.40. The summed E-state index contributed by atoms with van der Waals surface area (Å²) in [6.07, 6.45) is 5.14. The lowest BCUT2D eigenvalue weighted by Gasteiger charge is -2.35. The van der Waals surface area contributed by atoms with Gasteiger partial charge in [0, 0.05) is 38.6 Å². The van der Waals surface area contributed by atoms with Gasteiger partial charge in [-0.25, -0.2) is 15.0 Å². The number of ether oxygens (including phenoxy) is 1. The van der Waals surface area contributed by atoms with Crippen LogP contribution in [-0.4, -0.2) is 52.2 Å². The number of methoxy groups -OCH3 is 1. The zero-order valence-corrected chi connectivity index (χ0v) is 14.1. The number of amides is 1. The number of hydrogen-bond donors (Lipinski definition) is 0. The molecule has 0 aliphatic carbocycles. The molecule has 1 aliphatic rings. The number of nitrogens with zero attached hydrogens (tertiary/aromatic N) is 6. The van der Waals surface area contributed by atoms with E-state index in [1.54, 1.807) is 30.6 Å². The normalized spacial score (nSPS) is 15.0. The van der Waals surface area contributed by atoms with Crippen molar-refractivity contribution < 1.29 is 9.53 Å². The smallest absolute Gasteiger partial charge is 0.246 e. The summed E-state index contributed by atoms with van der Waals surface area (Å²) < 4.78 is 7.09. The Morgan fingerprint density at radius 2 is 2.04 bits per heavy atom. The van der Waals surface area contributed by atoms with Gasteiger partial charge in [-0.3, -0.25) is 4.79 Å². The van der Waals surface area contributed by atoms with Crippen molar-refractivity contribution in [3.63, 3.8) is 0 Å². The predicted octanol–water partition coefficient (Wildman–Crippen LogP) is 1.23. The van der Waals surface area contributed by atoms with Gasteiger partial charge in [-0.1, -0.05) is 0 Å². The van der Waals surface area contributed by atoms with Crippen LogP contribution in [0.3, 0.4) is 0 Å². The van der Waals surface area contributed by atoms with E-state index >= 15 is 0 Å². The van der Waals surface area contributed by atoms with Gasteiger partial charge in [0.15, 0.2) is 0 Å². The van der Waals surface area contributed by atoms with E-state index in [0.717, 1.165) is 22.5 Å². The van der Waals surface area contributed by atoms with Crippen LogP contribution in [0, 0.1) is 0 Å². The first-order chi connectivity index (χ1) is 12.2. The molecule has 3 aromatic rings. The summed E-state index contributed by atoms with van der Waals surface area (Å²) in [5, 5.41) is 0.955. The third kappa shape index (κ3) is 2.65. The van der Waals surface area contributed by atoms with Crippen LogP contribution in [0.15, 0.2) is 36.9 Å². The summed E-state index contributed by atoms with van der Waals surface area (Å²) in [4.78, 5) is 29.2. The maximum absolute atomic E-state index is 12.7. The largest absolute Gasteiger partial charge is 0.481 e. The van der Waals surface area contributed by atoms with E-state index in [4.69, 9.17) is 4.74 Å². The van der Waals surface area contributed by atoms with Crippen molar-refractivity contribution in [2.24, 2.45) is 7.05 Å². The number of fused-ring (bicyclic) bond motifs is 1. The van der Waals surface area contributed by atoms with Gasteiger partial charge in [0.1, 0.15) is 17.8 Å². The molecule has 8 nitrogen and oxygen atoms in total. The van der Waals surface area contributed by atoms with Crippen molar-refractivity contribution in [1.29, 1.82) is 0 Å². The second-order valence-corrected chi connectivity index (χ2v) is 5.88. The van der Waals surface area contributed by atoms with Crippen LogP contribution in [0.2, 0.25) is 0 Å². The number of anilines is 2. The Morgan fingerprint density at radius 1 is 1.16 bits per heavy atom. The van der Waals surface area contributed by atoms with Crippen LogP contribution >= 0.6 is 0 Å². The Kier molecular flexibility index (Phi) is 3.72. The molecule has 1 fully saturated rings. The highest BCUT2D eigenvalue weighted by Gasteiger charge is 2.27. The summed E-state index contributed by atoms with van der Waals surface area (Å²) >= 11 is 0. The van der Waals surface area contributed by atoms with Gasteiger partial charge in [-0.05, 0) is 12.1 Å². The molecule has 4 rings (SSSR count). The number of piperazine rings is 1. The summed E-state index contributed by atoms with van der Waals surface area (Å²) in [6.45, 7) is 1.54. The molecule has 0 atom stereocenters. The first kappa shape index (κ1) is 15.4. The Bertz CT molecular complexity index is 938. The summed E-state index contributed by atoms with van der Waals surface area (Å²) in [5.41, 5.74) is 1.66. The molecule has 4 heterocycles. The molecule has 0 unspecified atom stereocenters. The molecule has 1 aliphatic heterocycles. The van der Waals surface area contributed by atoms with E-state index in [1.807, 2.05) is 34.8 Å². The molecule has 1 saturated heterocycles. The van der Waals surface area contributed by atoms with Crippen LogP contribution < -0.4 is 14.5 Å². The van der Waals surface area contributed by atoms with E-state index in [-0.39, 0.29) is 12.5 Å². The second kappa shape index (κ2) is 6.04. The number of aryl methyl sites for hydroxylation is 1. The molecule has 8 heteroatoms. The molecular weight excluding hydrogens is 320 g/mol. The molecule has 0 spiro atoms. The zero-order valence-electron chi connectivity index (χ0n) is 14.1. The number of carbonyl (C=O) groups excluding carboxylic acids is 1. The quantitative estimate of drug-likeness (QED) is 0.715. The molecule has 128 valence electrons. The minimum absolute atomic E-state index is 0.0159. The van der Waals surface area contributed by atoms with Crippen molar-refractivity contribution in [3.8, 4) is 5.88 Å². The Morgan fingerprint density at radius 3 is 2.84 bits per heavy atom. The van der Waals surface area contributed by atoms with Crippen LogP contribution in [0.25, 0.3) is 11.0 Å². The first-order valence-electron chi connectivity index (χ1n) is 7.99. The van der Waals surface area contributed by atoms with Gasteiger partial charge in [-0.2, -0.15) is 0 Å². The van der Waals surface area contributed by atoms with Gasteiger partial charge in [0.2, 0.25) is 11.8 Å². The average molecular weight is 338 g/mol. The van der Waals surface area contributed by atoms with Crippen LogP contribution in [-0.2, 0) is 11.8 Å². The first-order valence-corrected chi connectivity index (χ1v) is 7.99. The standard InChI is InChI=1S/C17H18N6O2/c1-21-6-4-13-16(21)19-11-20-17(13)22-7-8-23(15(24)10-22)12-3-5-18-14(9-12)25-2/h3-6,9,11H,7-8,10H2,1-2H3. The second-order valence-electron chi connectivity index (χ2n) is 5.88. The summed E-state index contributed by atoms with van der Waals surface area (Å²) in [5.74, 6) is 1.31. The minimum Gasteiger partial charge on any atom is -0.481 e. The van der Waals surface area contributed by atoms with Crippen molar-refractivity contribution in [1.82, 2.24) is 19.5 Å². The van der Waals surface area contributed by atoms with Gasteiger partial charge in [0.05, 0.1) is 24.7 Å². The van der Waals surface area contributed by atoms with E-state index in [1.165, 1.54) is 0 Å². The Labute approximate surface area is 144 Å². The fourth-order valence-corrected chi connectivity index (χ4v) is 3.12. The molecule has 1 amide bonds. The van der Waals surface area contributed by atoms with Crippen LogP contribution in [0.1, 0.15) is 0 Å². The highest BCUT2D eigenvalue weighted by atomic mass is 16.5. The molecule has 25 heavy (non-hydrogen) atoms. The maximum atomic E-state index is 12.7. The predicted molar refractivity (Wildman–Crippen MR) is 93.9 cm³/mol. The van der Waals surface area contributed by atoms with Gasteiger partial charge in [0.25, 0.3) is 0 Å². The van der Waals surface area contributed by atoms with E-state index in [0.29, 0.717) is 19.0 Å². The van der Waals surface area contributed by atoms with E-state index in [9.17, 15) is 4.79 Å². The minimum atomic E-state index is 0.0159. The number of aromatic nitrogens is 4. The van der Waals surface area contributed by atoms with Gasteiger partial charge < -0.3 is 19.1 Å². The molecular formula is C17H18N6O2. The number of pyridine rings is 1. The highest BCUT2D eigenvalue weighted by Crippen LogP contribution is 2.26. The molecule has 0 radical (unpaired) electrons. The number of rotatable bonds is 3. The molecule has 0 bridgehead atoms. The topological polar surface area (TPSA) is 76.4 Å². The molecule has 0 N–H and O–H groups in total. The highest BCUT2D eigenvalue weighted by molar-refractivity contribution is 5.99. The molecule has 0 saturated carbocycles. The monoisotopic (exact) mass is 338 g/mol. The SMILES string of the molecule is COc1cc(N2CCN(c3ncnc4c3ccn4C)CC2=O)ccn1.